The monoisotopic (exact) mass is 336 g/mol. The van der Waals surface area contributed by atoms with E-state index in [1.807, 2.05) is 49.1 Å². The van der Waals surface area contributed by atoms with Gasteiger partial charge in [0, 0.05) is 17.7 Å². The van der Waals surface area contributed by atoms with Crippen LogP contribution in [-0.4, -0.2) is 32.7 Å². The Bertz CT molecular complexity index is 897. The second-order valence-electron chi connectivity index (χ2n) is 6.44. The van der Waals surface area contributed by atoms with Crippen LogP contribution in [0.25, 0.3) is 11.3 Å². The Morgan fingerprint density at radius 3 is 2.80 bits per heavy atom. The van der Waals surface area contributed by atoms with E-state index < -0.39 is 0 Å². The summed E-state index contributed by atoms with van der Waals surface area (Å²) in [7, 11) is 0. The van der Waals surface area contributed by atoms with E-state index in [2.05, 4.69) is 15.4 Å². The number of rotatable bonds is 3. The second kappa shape index (κ2) is 6.20. The van der Waals surface area contributed by atoms with Crippen LogP contribution in [0.4, 0.5) is 0 Å². The third-order valence-electron chi connectivity index (χ3n) is 4.94. The van der Waals surface area contributed by atoms with Crippen molar-refractivity contribution in [2.75, 3.05) is 6.54 Å². The van der Waals surface area contributed by atoms with E-state index in [0.29, 0.717) is 5.56 Å². The van der Waals surface area contributed by atoms with E-state index in [-0.39, 0.29) is 11.9 Å². The summed E-state index contributed by atoms with van der Waals surface area (Å²) in [5.74, 6) is 0.773. The number of likely N-dealkylation sites (tertiary alicyclic amines) is 1. The largest absolute Gasteiger partial charge is 0.356 e. The molecule has 0 saturated carbocycles. The standard InChI is InChI=1S/C19H20N4O2/c1-12-13(2)22-25-18(12)15-11-20-21-17(15)16-9-6-10-23(16)19(24)14-7-4-3-5-8-14/h3-5,7-8,11,16H,6,9-10H2,1-2H3,(H,20,21)/t16-/m0/s1. The van der Waals surface area contributed by atoms with E-state index in [1.165, 1.54) is 0 Å². The number of benzene rings is 1. The van der Waals surface area contributed by atoms with Gasteiger partial charge in [-0.3, -0.25) is 9.89 Å². The highest BCUT2D eigenvalue weighted by Crippen LogP contribution is 2.38. The molecule has 6 heteroatoms. The van der Waals surface area contributed by atoms with Crippen molar-refractivity contribution in [1.82, 2.24) is 20.3 Å². The molecule has 0 unspecified atom stereocenters. The van der Waals surface area contributed by atoms with Crippen molar-refractivity contribution < 1.29 is 9.32 Å². The summed E-state index contributed by atoms with van der Waals surface area (Å²) in [4.78, 5) is 14.8. The van der Waals surface area contributed by atoms with Crippen molar-refractivity contribution in [3.63, 3.8) is 0 Å². The molecule has 25 heavy (non-hydrogen) atoms. The minimum absolute atomic E-state index is 0.0324. The lowest BCUT2D eigenvalue weighted by Crippen LogP contribution is -2.31. The molecule has 1 saturated heterocycles. The number of aromatic nitrogens is 3. The van der Waals surface area contributed by atoms with Crippen molar-refractivity contribution in [1.29, 1.82) is 0 Å². The number of nitrogens with zero attached hydrogens (tertiary/aromatic N) is 3. The molecule has 1 amide bonds. The molecule has 1 fully saturated rings. The van der Waals surface area contributed by atoms with Gasteiger partial charge in [-0.15, -0.1) is 0 Å². The van der Waals surface area contributed by atoms with E-state index in [4.69, 9.17) is 4.52 Å². The molecule has 1 N–H and O–H groups in total. The van der Waals surface area contributed by atoms with Gasteiger partial charge in [0.25, 0.3) is 5.91 Å². The fraction of sp³-hybridized carbons (Fsp3) is 0.316. The summed E-state index contributed by atoms with van der Waals surface area (Å²) >= 11 is 0. The number of H-pyrrole nitrogens is 1. The molecule has 0 aliphatic carbocycles. The molecular formula is C19H20N4O2. The summed E-state index contributed by atoms with van der Waals surface area (Å²) < 4.78 is 5.51. The van der Waals surface area contributed by atoms with Crippen molar-refractivity contribution in [3.05, 3.63) is 59.0 Å². The van der Waals surface area contributed by atoms with Crippen LogP contribution in [0.5, 0.6) is 0 Å². The summed E-state index contributed by atoms with van der Waals surface area (Å²) in [6.07, 6.45) is 3.63. The predicted molar refractivity (Wildman–Crippen MR) is 93.0 cm³/mol. The van der Waals surface area contributed by atoms with E-state index >= 15 is 0 Å². The molecule has 1 aliphatic heterocycles. The lowest BCUT2D eigenvalue weighted by molar-refractivity contribution is 0.0733. The maximum absolute atomic E-state index is 12.9. The molecular weight excluding hydrogens is 316 g/mol. The zero-order valence-corrected chi connectivity index (χ0v) is 14.3. The highest BCUT2D eigenvalue weighted by atomic mass is 16.5. The zero-order valence-electron chi connectivity index (χ0n) is 14.3. The van der Waals surface area contributed by atoms with Crippen LogP contribution in [-0.2, 0) is 0 Å². The van der Waals surface area contributed by atoms with Crippen LogP contribution in [0.15, 0.2) is 41.1 Å². The molecule has 1 atom stereocenters. The first-order valence-electron chi connectivity index (χ1n) is 8.49. The Morgan fingerprint density at radius 2 is 2.08 bits per heavy atom. The molecule has 128 valence electrons. The topological polar surface area (TPSA) is 75.0 Å². The van der Waals surface area contributed by atoms with Crippen molar-refractivity contribution in [2.24, 2.45) is 0 Å². The molecule has 3 heterocycles. The zero-order chi connectivity index (χ0) is 17.4. The van der Waals surface area contributed by atoms with Crippen LogP contribution in [0.2, 0.25) is 0 Å². The molecule has 4 rings (SSSR count). The van der Waals surface area contributed by atoms with Crippen molar-refractivity contribution in [2.45, 2.75) is 32.7 Å². The minimum atomic E-state index is -0.0324. The van der Waals surface area contributed by atoms with Crippen molar-refractivity contribution >= 4 is 5.91 Å². The number of hydrogen-bond acceptors (Lipinski definition) is 4. The maximum atomic E-state index is 12.9. The van der Waals surface area contributed by atoms with Gasteiger partial charge < -0.3 is 9.42 Å². The highest BCUT2D eigenvalue weighted by Gasteiger charge is 2.34. The molecule has 2 aromatic heterocycles. The fourth-order valence-electron chi connectivity index (χ4n) is 3.45. The number of carbonyl (C=O) groups is 1. The van der Waals surface area contributed by atoms with Gasteiger partial charge in [-0.1, -0.05) is 23.4 Å². The number of aryl methyl sites for hydroxylation is 1. The van der Waals surface area contributed by atoms with E-state index in [9.17, 15) is 4.79 Å². The third-order valence-corrected chi connectivity index (χ3v) is 4.94. The van der Waals surface area contributed by atoms with Gasteiger partial charge in [0.1, 0.15) is 0 Å². The first-order chi connectivity index (χ1) is 12.2. The molecule has 3 aromatic rings. The van der Waals surface area contributed by atoms with Gasteiger partial charge in [0.2, 0.25) is 0 Å². The van der Waals surface area contributed by atoms with E-state index in [1.54, 1.807) is 6.20 Å². The average Bonchev–Trinajstić information content (AvgIpc) is 3.36. The van der Waals surface area contributed by atoms with E-state index in [0.717, 1.165) is 47.7 Å². The molecule has 6 nitrogen and oxygen atoms in total. The highest BCUT2D eigenvalue weighted by molar-refractivity contribution is 5.94. The quantitative estimate of drug-likeness (QED) is 0.792. The van der Waals surface area contributed by atoms with Gasteiger partial charge in [-0.05, 0) is 38.8 Å². The van der Waals surface area contributed by atoms with Crippen LogP contribution in [0.3, 0.4) is 0 Å². The van der Waals surface area contributed by atoms with Gasteiger partial charge in [-0.2, -0.15) is 5.10 Å². The molecule has 1 aliphatic rings. The number of hydrogen-bond donors (Lipinski definition) is 1. The van der Waals surface area contributed by atoms with Gasteiger partial charge >= 0.3 is 0 Å². The number of nitrogens with one attached hydrogen (secondary N) is 1. The summed E-state index contributed by atoms with van der Waals surface area (Å²) in [6.45, 7) is 4.65. The van der Waals surface area contributed by atoms with Gasteiger partial charge in [0.15, 0.2) is 5.76 Å². The molecule has 0 spiro atoms. The Labute approximate surface area is 145 Å². The third kappa shape index (κ3) is 2.63. The SMILES string of the molecule is Cc1noc(-c2cn[nH]c2[C@@H]2CCCN2C(=O)c2ccccc2)c1C. The smallest absolute Gasteiger partial charge is 0.254 e. The Morgan fingerprint density at radius 1 is 1.28 bits per heavy atom. The summed E-state index contributed by atoms with van der Waals surface area (Å²) in [6, 6.07) is 9.38. The number of carbonyl (C=O) groups excluding carboxylic acids is 1. The first-order valence-corrected chi connectivity index (χ1v) is 8.49. The Hall–Kier alpha value is -2.89. The maximum Gasteiger partial charge on any atom is 0.254 e. The van der Waals surface area contributed by atoms with Crippen LogP contribution in [0.1, 0.15) is 46.2 Å². The van der Waals surface area contributed by atoms with Crippen LogP contribution >= 0.6 is 0 Å². The van der Waals surface area contributed by atoms with Gasteiger partial charge in [0.05, 0.1) is 29.2 Å². The Kier molecular flexibility index (Phi) is 3.87. The predicted octanol–water partition coefficient (Wildman–Crippen LogP) is 3.66. The van der Waals surface area contributed by atoms with Crippen LogP contribution in [0, 0.1) is 13.8 Å². The lowest BCUT2D eigenvalue weighted by Gasteiger charge is -2.24. The molecule has 1 aromatic carbocycles. The second-order valence-corrected chi connectivity index (χ2v) is 6.44. The lowest BCUT2D eigenvalue weighted by atomic mass is 10.0. The van der Waals surface area contributed by atoms with Crippen LogP contribution < -0.4 is 0 Å². The number of aromatic amines is 1. The molecule has 0 radical (unpaired) electrons. The fourth-order valence-corrected chi connectivity index (χ4v) is 3.45. The summed E-state index contributed by atoms with van der Waals surface area (Å²) in [5.41, 5.74) is 4.38. The summed E-state index contributed by atoms with van der Waals surface area (Å²) in [5, 5.41) is 11.3. The van der Waals surface area contributed by atoms with Crippen molar-refractivity contribution in [3.8, 4) is 11.3 Å². The normalized spacial score (nSPS) is 17.2. The first kappa shape index (κ1) is 15.6. The average molecular weight is 336 g/mol. The molecule has 0 bridgehead atoms. The number of amides is 1. The Balaban J connectivity index is 1.69. The minimum Gasteiger partial charge on any atom is -0.356 e. The van der Waals surface area contributed by atoms with Gasteiger partial charge in [-0.25, -0.2) is 0 Å².